The first kappa shape index (κ1) is 13.0. The van der Waals surface area contributed by atoms with Gasteiger partial charge in [-0.3, -0.25) is 4.79 Å². The van der Waals surface area contributed by atoms with Crippen LogP contribution in [0.3, 0.4) is 0 Å². The first-order chi connectivity index (χ1) is 8.79. The summed E-state index contributed by atoms with van der Waals surface area (Å²) in [6.45, 7) is 2.23. The highest BCUT2D eigenvalue weighted by molar-refractivity contribution is 5.91. The molecule has 0 unspecified atom stereocenters. The predicted molar refractivity (Wildman–Crippen MR) is 69.1 cm³/mol. The van der Waals surface area contributed by atoms with E-state index in [1.165, 1.54) is 6.08 Å². The molecule has 0 N–H and O–H groups in total. The molecule has 1 aromatic carbocycles. The Kier molecular flexibility index (Phi) is 4.67. The quantitative estimate of drug-likeness (QED) is 0.801. The zero-order valence-corrected chi connectivity index (χ0v) is 10.5. The van der Waals surface area contributed by atoms with E-state index in [9.17, 15) is 4.79 Å². The summed E-state index contributed by atoms with van der Waals surface area (Å²) in [7, 11) is 0. The lowest BCUT2D eigenvalue weighted by Gasteiger charge is -2.24. The number of carbonyl (C=O) groups excluding carboxylic acids is 1. The molecule has 3 heteroatoms. The molecule has 3 nitrogen and oxygen atoms in total. The second-order valence-corrected chi connectivity index (χ2v) is 4.33. The zero-order chi connectivity index (χ0) is 12.8. The largest absolute Gasteiger partial charge is 0.341 e. The van der Waals surface area contributed by atoms with Crippen molar-refractivity contribution in [2.45, 2.75) is 32.2 Å². The van der Waals surface area contributed by atoms with Crippen LogP contribution in [-0.2, 0) is 14.3 Å². The van der Waals surface area contributed by atoms with Crippen molar-refractivity contribution in [1.29, 1.82) is 0 Å². The van der Waals surface area contributed by atoms with Crippen molar-refractivity contribution >= 4 is 5.78 Å². The van der Waals surface area contributed by atoms with Crippen LogP contribution < -0.4 is 0 Å². The zero-order valence-electron chi connectivity index (χ0n) is 10.5. The lowest BCUT2D eigenvalue weighted by atomic mass is 10.1. The van der Waals surface area contributed by atoms with Crippen molar-refractivity contribution in [1.82, 2.24) is 0 Å². The minimum absolute atomic E-state index is 0.0124. The van der Waals surface area contributed by atoms with E-state index in [0.29, 0.717) is 0 Å². The van der Waals surface area contributed by atoms with Gasteiger partial charge in [0.2, 0.25) is 0 Å². The molecule has 0 fully saturated rings. The summed E-state index contributed by atoms with van der Waals surface area (Å²) in [5.41, 5.74) is 1.15. The first-order valence-corrected chi connectivity index (χ1v) is 6.32. The van der Waals surface area contributed by atoms with Crippen LogP contribution in [-0.4, -0.2) is 18.7 Å². The van der Waals surface area contributed by atoms with Gasteiger partial charge in [0.05, 0.1) is 6.10 Å². The molecule has 2 rings (SSSR count). The Balaban J connectivity index is 2.03. The van der Waals surface area contributed by atoms with Crippen molar-refractivity contribution in [2.75, 3.05) is 6.61 Å². The summed E-state index contributed by atoms with van der Waals surface area (Å²) in [5, 5.41) is 0. The van der Waals surface area contributed by atoms with Gasteiger partial charge in [0.15, 0.2) is 12.1 Å². The highest BCUT2D eigenvalue weighted by Gasteiger charge is 2.19. The summed E-state index contributed by atoms with van der Waals surface area (Å²) < 4.78 is 11.2. The lowest BCUT2D eigenvalue weighted by molar-refractivity contribution is -0.159. The van der Waals surface area contributed by atoms with Gasteiger partial charge in [-0.15, -0.1) is 0 Å². The summed E-state index contributed by atoms with van der Waals surface area (Å²) in [4.78, 5) is 11.0. The fourth-order valence-electron chi connectivity index (χ4n) is 1.94. The molecule has 0 saturated carbocycles. The predicted octanol–water partition coefficient (Wildman–Crippen LogP) is 3.03. The molecule has 0 saturated heterocycles. The van der Waals surface area contributed by atoms with Crippen LogP contribution in [0.15, 0.2) is 42.5 Å². The summed E-state index contributed by atoms with van der Waals surface area (Å²) >= 11 is 0. The van der Waals surface area contributed by atoms with Crippen LogP contribution >= 0.6 is 0 Å². The summed E-state index contributed by atoms with van der Waals surface area (Å²) in [6.07, 6.45) is 4.78. The van der Waals surface area contributed by atoms with Gasteiger partial charge in [-0.1, -0.05) is 43.7 Å². The molecule has 0 amide bonds. The van der Waals surface area contributed by atoms with Gasteiger partial charge in [0.1, 0.15) is 6.61 Å². The number of rotatable bonds is 5. The maximum absolute atomic E-state index is 11.0. The molecule has 0 spiro atoms. The van der Waals surface area contributed by atoms with E-state index in [4.69, 9.17) is 9.47 Å². The number of benzene rings is 1. The SMILES string of the molecule is CCC[C@@H](O[C@H]1C=CC(=O)CO1)c1ccccc1. The van der Waals surface area contributed by atoms with E-state index in [0.717, 1.165) is 18.4 Å². The van der Waals surface area contributed by atoms with E-state index < -0.39 is 6.29 Å². The molecule has 2 atom stereocenters. The van der Waals surface area contributed by atoms with Crippen molar-refractivity contribution < 1.29 is 14.3 Å². The maximum Gasteiger partial charge on any atom is 0.181 e. The fourth-order valence-corrected chi connectivity index (χ4v) is 1.94. The second-order valence-electron chi connectivity index (χ2n) is 4.33. The van der Waals surface area contributed by atoms with Gasteiger partial charge in [0, 0.05) is 0 Å². The highest BCUT2D eigenvalue weighted by Crippen LogP contribution is 2.25. The Morgan fingerprint density at radius 3 is 2.78 bits per heavy atom. The number of hydrogen-bond donors (Lipinski definition) is 0. The maximum atomic E-state index is 11.0. The van der Waals surface area contributed by atoms with Gasteiger partial charge in [0.25, 0.3) is 0 Å². The minimum atomic E-state index is -0.417. The molecule has 1 aromatic rings. The first-order valence-electron chi connectivity index (χ1n) is 6.32. The van der Waals surface area contributed by atoms with Gasteiger partial charge < -0.3 is 9.47 Å². The monoisotopic (exact) mass is 246 g/mol. The molecule has 1 aliphatic heterocycles. The Morgan fingerprint density at radius 1 is 1.39 bits per heavy atom. The van der Waals surface area contributed by atoms with Crippen LogP contribution in [0, 0.1) is 0 Å². The van der Waals surface area contributed by atoms with E-state index in [1.807, 2.05) is 18.2 Å². The molecule has 18 heavy (non-hydrogen) atoms. The molecular weight excluding hydrogens is 228 g/mol. The standard InChI is InChI=1S/C15H18O3/c1-2-6-14(12-7-4-3-5-8-12)18-15-10-9-13(16)11-17-15/h3-5,7-10,14-15H,2,6,11H2,1H3/t14-,15+/m1/s1. The van der Waals surface area contributed by atoms with Crippen molar-refractivity contribution in [2.24, 2.45) is 0 Å². The summed E-state index contributed by atoms with van der Waals surface area (Å²) in [5.74, 6) is -0.0124. The van der Waals surface area contributed by atoms with Gasteiger partial charge in [-0.05, 0) is 24.1 Å². The van der Waals surface area contributed by atoms with Crippen molar-refractivity contribution in [3.63, 3.8) is 0 Å². The van der Waals surface area contributed by atoms with Crippen LogP contribution in [0.4, 0.5) is 0 Å². The smallest absolute Gasteiger partial charge is 0.181 e. The van der Waals surface area contributed by atoms with Crippen molar-refractivity contribution in [3.8, 4) is 0 Å². The van der Waals surface area contributed by atoms with Gasteiger partial charge >= 0.3 is 0 Å². The van der Waals surface area contributed by atoms with Crippen molar-refractivity contribution in [3.05, 3.63) is 48.0 Å². The Labute approximate surface area is 107 Å². The molecule has 1 aliphatic rings. The lowest BCUT2D eigenvalue weighted by Crippen LogP contribution is -2.25. The topological polar surface area (TPSA) is 35.5 Å². The Hall–Kier alpha value is -1.45. The molecule has 96 valence electrons. The van der Waals surface area contributed by atoms with Crippen LogP contribution in [0.5, 0.6) is 0 Å². The molecular formula is C15H18O3. The Bertz CT molecular complexity index is 411. The van der Waals surface area contributed by atoms with E-state index in [-0.39, 0.29) is 18.5 Å². The third-order valence-electron chi connectivity index (χ3n) is 2.85. The number of hydrogen-bond acceptors (Lipinski definition) is 3. The molecule has 0 aromatic heterocycles. The molecule has 1 heterocycles. The normalized spacial score (nSPS) is 20.9. The number of ether oxygens (including phenoxy) is 2. The molecule has 0 bridgehead atoms. The number of carbonyl (C=O) groups is 1. The van der Waals surface area contributed by atoms with Gasteiger partial charge in [-0.2, -0.15) is 0 Å². The van der Waals surface area contributed by atoms with Crippen LogP contribution in [0.25, 0.3) is 0 Å². The fraction of sp³-hybridized carbons (Fsp3) is 0.400. The van der Waals surface area contributed by atoms with Crippen LogP contribution in [0.2, 0.25) is 0 Å². The second kappa shape index (κ2) is 6.47. The third kappa shape index (κ3) is 3.52. The average Bonchev–Trinajstić information content (AvgIpc) is 2.42. The number of ketones is 1. The van der Waals surface area contributed by atoms with E-state index in [2.05, 4.69) is 19.1 Å². The highest BCUT2D eigenvalue weighted by atomic mass is 16.7. The van der Waals surface area contributed by atoms with Crippen LogP contribution in [0.1, 0.15) is 31.4 Å². The van der Waals surface area contributed by atoms with E-state index >= 15 is 0 Å². The van der Waals surface area contributed by atoms with Gasteiger partial charge in [-0.25, -0.2) is 0 Å². The third-order valence-corrected chi connectivity index (χ3v) is 2.85. The summed E-state index contributed by atoms with van der Waals surface area (Å²) in [6, 6.07) is 10.1. The average molecular weight is 246 g/mol. The Morgan fingerprint density at radius 2 is 2.17 bits per heavy atom. The molecule has 0 radical (unpaired) electrons. The van der Waals surface area contributed by atoms with E-state index in [1.54, 1.807) is 6.08 Å². The minimum Gasteiger partial charge on any atom is -0.341 e. The molecule has 0 aliphatic carbocycles.